The van der Waals surface area contributed by atoms with Crippen molar-refractivity contribution in [2.24, 2.45) is 0 Å². The fraction of sp³-hybridized carbons (Fsp3) is 0.118. The van der Waals surface area contributed by atoms with E-state index in [9.17, 15) is 19.5 Å². The van der Waals surface area contributed by atoms with Crippen molar-refractivity contribution in [2.45, 2.75) is 13.3 Å². The van der Waals surface area contributed by atoms with Gasteiger partial charge in [0.15, 0.2) is 5.78 Å². The van der Waals surface area contributed by atoms with E-state index in [1.54, 1.807) is 0 Å². The number of phenolic OH excluding ortho intramolecular Hbond substituents is 1. The third-order valence-electron chi connectivity index (χ3n) is 3.65. The number of Topliss-reactive ketones (excluding diaryl/α,β-unsaturated/α-hetero) is 2. The van der Waals surface area contributed by atoms with Crippen LogP contribution in [0, 0.1) is 0 Å². The molecular formula is C17H10Br2O5. The molecule has 0 spiro atoms. The number of rotatable bonds is 3. The van der Waals surface area contributed by atoms with Gasteiger partial charge >= 0.3 is 0 Å². The minimum atomic E-state index is -0.687. The lowest BCUT2D eigenvalue weighted by Gasteiger charge is -2.06. The van der Waals surface area contributed by atoms with Crippen LogP contribution in [0.4, 0.5) is 0 Å². The number of aryl methyl sites for hydroxylation is 1. The van der Waals surface area contributed by atoms with Crippen molar-refractivity contribution in [1.29, 1.82) is 0 Å². The van der Waals surface area contributed by atoms with E-state index in [0.717, 1.165) is 12.2 Å². The van der Waals surface area contributed by atoms with Gasteiger partial charge in [0.05, 0.1) is 14.5 Å². The van der Waals surface area contributed by atoms with Gasteiger partial charge < -0.3 is 9.52 Å². The Balaban J connectivity index is 2.26. The number of halogens is 2. The van der Waals surface area contributed by atoms with Crippen molar-refractivity contribution in [2.75, 3.05) is 0 Å². The normalized spacial score (nSPS) is 13.3. The van der Waals surface area contributed by atoms with Crippen LogP contribution in [0.5, 0.6) is 5.75 Å². The van der Waals surface area contributed by atoms with Gasteiger partial charge in [-0.05, 0) is 44.0 Å². The maximum atomic E-state index is 12.9. The Bertz CT molecular complexity index is 1010. The molecule has 0 aliphatic heterocycles. The number of hydrogen-bond donors (Lipinski definition) is 1. The van der Waals surface area contributed by atoms with Crippen molar-refractivity contribution in [3.05, 3.63) is 48.6 Å². The highest BCUT2D eigenvalue weighted by molar-refractivity contribution is 9.11. The standard InChI is InChI=1S/C17H10Br2O5/c1-2-13-15(8-5-11(20)12(21)6-14(8)24-13)16(22)7-3-9(18)17(23)10(19)4-7/h3-6,23H,2H2,1H3. The predicted octanol–water partition coefficient (Wildman–Crippen LogP) is 2.02. The second-order valence-electron chi connectivity index (χ2n) is 5.17. The molecule has 1 aliphatic carbocycles. The number of ketones is 3. The van der Waals surface area contributed by atoms with Crippen molar-refractivity contribution in [3.8, 4) is 5.75 Å². The molecule has 0 fully saturated rings. The molecule has 7 heteroatoms. The van der Waals surface area contributed by atoms with Gasteiger partial charge in [-0.25, -0.2) is 0 Å². The first kappa shape index (κ1) is 16.9. The van der Waals surface area contributed by atoms with Crippen molar-refractivity contribution in [3.63, 3.8) is 0 Å². The van der Waals surface area contributed by atoms with Crippen LogP contribution >= 0.6 is 31.9 Å². The van der Waals surface area contributed by atoms with Crippen LogP contribution in [0.25, 0.3) is 12.2 Å². The maximum absolute atomic E-state index is 12.9. The molecule has 1 heterocycles. The van der Waals surface area contributed by atoms with Gasteiger partial charge in [0.2, 0.25) is 11.6 Å². The van der Waals surface area contributed by atoms with Crippen LogP contribution in [-0.2, 0) is 16.0 Å². The van der Waals surface area contributed by atoms with Crippen LogP contribution in [0.15, 0.2) is 25.5 Å². The van der Waals surface area contributed by atoms with E-state index < -0.39 is 11.6 Å². The number of benzene rings is 1. The summed E-state index contributed by atoms with van der Waals surface area (Å²) in [5.74, 6) is -1.33. The molecule has 24 heavy (non-hydrogen) atoms. The minimum Gasteiger partial charge on any atom is -0.506 e. The second-order valence-corrected chi connectivity index (χ2v) is 6.88. The maximum Gasteiger partial charge on any atom is 0.229 e. The Labute approximate surface area is 152 Å². The van der Waals surface area contributed by atoms with Gasteiger partial charge in [-0.2, -0.15) is 0 Å². The van der Waals surface area contributed by atoms with Crippen LogP contribution in [0.2, 0.25) is 0 Å². The van der Waals surface area contributed by atoms with Crippen molar-refractivity contribution >= 4 is 61.4 Å². The lowest BCUT2D eigenvalue weighted by Crippen LogP contribution is -2.33. The summed E-state index contributed by atoms with van der Waals surface area (Å²) < 4.78 is 6.30. The zero-order chi connectivity index (χ0) is 17.6. The minimum absolute atomic E-state index is 0.0165. The summed E-state index contributed by atoms with van der Waals surface area (Å²) in [6.45, 7) is 1.81. The van der Waals surface area contributed by atoms with Gasteiger partial charge in [0.1, 0.15) is 16.9 Å². The quantitative estimate of drug-likeness (QED) is 0.567. The summed E-state index contributed by atoms with van der Waals surface area (Å²) in [7, 11) is 0. The number of phenols is 1. The highest BCUT2D eigenvalue weighted by atomic mass is 79.9. The number of aromatic hydroxyl groups is 1. The van der Waals surface area contributed by atoms with Crippen molar-refractivity contribution < 1.29 is 23.9 Å². The molecule has 1 aliphatic rings. The molecule has 0 unspecified atom stereocenters. The lowest BCUT2D eigenvalue weighted by molar-refractivity contribution is -0.129. The third kappa shape index (κ3) is 2.67. The fourth-order valence-electron chi connectivity index (χ4n) is 2.49. The number of carbonyl (C=O) groups excluding carboxylic acids is 3. The molecule has 0 amide bonds. The highest BCUT2D eigenvalue weighted by Crippen LogP contribution is 2.34. The Morgan fingerprint density at radius 1 is 1.12 bits per heavy atom. The van der Waals surface area contributed by atoms with Crippen LogP contribution in [-0.4, -0.2) is 22.5 Å². The Morgan fingerprint density at radius 2 is 1.71 bits per heavy atom. The largest absolute Gasteiger partial charge is 0.506 e. The Hall–Kier alpha value is -1.99. The molecule has 5 nitrogen and oxygen atoms in total. The Kier molecular flexibility index (Phi) is 4.31. The number of carbonyl (C=O) groups is 3. The molecule has 2 aromatic rings. The molecule has 0 radical (unpaired) electrons. The van der Waals surface area contributed by atoms with Gasteiger partial charge in [-0.3, -0.25) is 14.4 Å². The number of furan rings is 1. The van der Waals surface area contributed by atoms with Gasteiger partial charge in [0.25, 0.3) is 0 Å². The lowest BCUT2D eigenvalue weighted by atomic mass is 9.98. The second kappa shape index (κ2) is 6.14. The van der Waals surface area contributed by atoms with E-state index in [4.69, 9.17) is 4.42 Å². The van der Waals surface area contributed by atoms with Crippen LogP contribution < -0.4 is 10.6 Å². The molecule has 0 atom stereocenters. The summed E-state index contributed by atoms with van der Waals surface area (Å²) in [5, 5.41) is 10.1. The van der Waals surface area contributed by atoms with Crippen LogP contribution in [0.3, 0.4) is 0 Å². The third-order valence-corrected chi connectivity index (χ3v) is 4.86. The van der Waals surface area contributed by atoms with E-state index in [1.807, 2.05) is 6.92 Å². The molecule has 0 saturated heterocycles. The average molecular weight is 454 g/mol. The molecule has 3 rings (SSSR count). The summed E-state index contributed by atoms with van der Waals surface area (Å²) in [6, 6.07) is 2.97. The van der Waals surface area contributed by atoms with Crippen LogP contribution in [0.1, 0.15) is 28.6 Å². The topological polar surface area (TPSA) is 84.6 Å². The van der Waals surface area contributed by atoms with Gasteiger partial charge in [0, 0.05) is 29.4 Å². The van der Waals surface area contributed by atoms with E-state index >= 15 is 0 Å². The molecular weight excluding hydrogens is 444 g/mol. The number of fused-ring (bicyclic) bond motifs is 1. The number of hydrogen-bond acceptors (Lipinski definition) is 5. The summed E-state index contributed by atoms with van der Waals surface area (Å²) in [6.07, 6.45) is 2.67. The molecule has 1 N–H and O–H groups in total. The summed E-state index contributed by atoms with van der Waals surface area (Å²) in [5.41, 5.74) is 0.786. The van der Waals surface area contributed by atoms with Gasteiger partial charge in [-0.15, -0.1) is 0 Å². The monoisotopic (exact) mass is 452 g/mol. The average Bonchev–Trinajstić information content (AvgIpc) is 2.89. The Morgan fingerprint density at radius 3 is 2.29 bits per heavy atom. The molecule has 0 bridgehead atoms. The van der Waals surface area contributed by atoms with E-state index in [2.05, 4.69) is 31.9 Å². The van der Waals surface area contributed by atoms with Crippen molar-refractivity contribution in [1.82, 2.24) is 0 Å². The summed E-state index contributed by atoms with van der Waals surface area (Å²) in [4.78, 5) is 36.1. The zero-order valence-electron chi connectivity index (χ0n) is 12.4. The predicted molar refractivity (Wildman–Crippen MR) is 93.2 cm³/mol. The first-order chi connectivity index (χ1) is 11.3. The molecule has 1 aromatic heterocycles. The fourth-order valence-corrected chi connectivity index (χ4v) is 3.68. The van der Waals surface area contributed by atoms with E-state index in [0.29, 0.717) is 31.9 Å². The molecule has 0 saturated carbocycles. The first-order valence-electron chi connectivity index (χ1n) is 6.99. The summed E-state index contributed by atoms with van der Waals surface area (Å²) >= 11 is 6.38. The van der Waals surface area contributed by atoms with E-state index in [1.165, 1.54) is 12.1 Å². The van der Waals surface area contributed by atoms with Gasteiger partial charge in [-0.1, -0.05) is 6.92 Å². The smallest absolute Gasteiger partial charge is 0.229 e. The highest BCUT2D eigenvalue weighted by Gasteiger charge is 2.25. The molecule has 1 aromatic carbocycles. The van der Waals surface area contributed by atoms with E-state index in [-0.39, 0.29) is 22.5 Å². The zero-order valence-corrected chi connectivity index (χ0v) is 15.5. The SMILES string of the molecule is CCc1oc2c(c1C(=O)c1cc(Br)c(O)c(Br)c1)=CC(=O)C(=O)C=2. The first-order valence-corrected chi connectivity index (χ1v) is 8.58. The molecule has 122 valence electrons.